The van der Waals surface area contributed by atoms with Crippen LogP contribution in [0.1, 0.15) is 46.5 Å². The lowest BCUT2D eigenvalue weighted by Gasteiger charge is -2.36. The molecule has 0 aliphatic heterocycles. The van der Waals surface area contributed by atoms with Crippen molar-refractivity contribution in [3.63, 3.8) is 0 Å². The Morgan fingerprint density at radius 1 is 1.08 bits per heavy atom. The summed E-state index contributed by atoms with van der Waals surface area (Å²) < 4.78 is 0. The van der Waals surface area contributed by atoms with Gasteiger partial charge in [-0.25, -0.2) is 5.11 Å². The van der Waals surface area contributed by atoms with Crippen LogP contribution in [-0.2, 0) is 5.11 Å². The molecule has 0 spiro atoms. The first-order chi connectivity index (χ1) is 5.54. The molecule has 0 aromatic rings. The van der Waals surface area contributed by atoms with E-state index in [4.69, 9.17) is 0 Å². The summed E-state index contributed by atoms with van der Waals surface area (Å²) in [7, 11) is 0. The first-order valence-corrected chi connectivity index (χ1v) is 5.12. The highest BCUT2D eigenvalue weighted by atomic mass is 16.3. The number of hydrogen-bond donors (Lipinski definition) is 0. The van der Waals surface area contributed by atoms with E-state index in [9.17, 15) is 5.11 Å². The molecule has 0 unspecified atom stereocenters. The van der Waals surface area contributed by atoms with Gasteiger partial charge >= 0.3 is 0 Å². The van der Waals surface area contributed by atoms with E-state index in [0.29, 0.717) is 11.3 Å². The molecule has 12 heavy (non-hydrogen) atoms. The summed E-state index contributed by atoms with van der Waals surface area (Å²) in [5.74, 6) is 1.34. The van der Waals surface area contributed by atoms with Crippen LogP contribution in [0.3, 0.4) is 0 Å². The van der Waals surface area contributed by atoms with Crippen LogP contribution >= 0.6 is 0 Å². The molecule has 0 saturated heterocycles. The van der Waals surface area contributed by atoms with Gasteiger partial charge < -0.3 is 0 Å². The summed E-state index contributed by atoms with van der Waals surface area (Å²) in [6.45, 7) is 7.09. The third-order valence-corrected chi connectivity index (χ3v) is 3.31. The monoisotopic (exact) mass is 169 g/mol. The van der Waals surface area contributed by atoms with Crippen LogP contribution in [0.2, 0.25) is 0 Å². The van der Waals surface area contributed by atoms with Crippen molar-refractivity contribution >= 4 is 0 Å². The van der Waals surface area contributed by atoms with Crippen molar-refractivity contribution in [3.05, 3.63) is 0 Å². The largest absolute Gasteiger partial charge is 0.236 e. The highest BCUT2D eigenvalue weighted by Gasteiger charge is 2.29. The summed E-state index contributed by atoms with van der Waals surface area (Å²) in [6, 6.07) is 0. The molecule has 71 valence electrons. The Balaban J connectivity index is 2.36. The Labute approximate surface area is 76.2 Å². The Morgan fingerprint density at radius 2 is 1.58 bits per heavy atom. The first-order valence-electron chi connectivity index (χ1n) is 5.12. The molecule has 1 radical (unpaired) electrons. The van der Waals surface area contributed by atoms with Crippen LogP contribution in [0, 0.1) is 17.3 Å². The Morgan fingerprint density at radius 3 is 1.92 bits per heavy atom. The van der Waals surface area contributed by atoms with Crippen molar-refractivity contribution in [1.29, 1.82) is 0 Å². The second-order valence-electron chi connectivity index (χ2n) is 5.25. The SMILES string of the molecule is CC(C)(C)C1CCC(C[O])CC1. The van der Waals surface area contributed by atoms with E-state index in [1.165, 1.54) is 25.7 Å². The summed E-state index contributed by atoms with van der Waals surface area (Å²) in [6.07, 6.45) is 4.89. The fourth-order valence-electron chi connectivity index (χ4n) is 2.20. The molecule has 0 aromatic heterocycles. The minimum absolute atomic E-state index is 0.150. The van der Waals surface area contributed by atoms with E-state index in [1.54, 1.807) is 0 Å². The third kappa shape index (κ3) is 2.48. The Hall–Kier alpha value is -0.0400. The molecular formula is C11H21O. The van der Waals surface area contributed by atoms with Gasteiger partial charge in [0.1, 0.15) is 0 Å². The maximum Gasteiger partial charge on any atom is 0.0850 e. The fourth-order valence-corrected chi connectivity index (χ4v) is 2.20. The van der Waals surface area contributed by atoms with Crippen LogP contribution in [0.4, 0.5) is 0 Å². The zero-order chi connectivity index (χ0) is 9.19. The average Bonchev–Trinajstić information content (AvgIpc) is 2.03. The second-order valence-corrected chi connectivity index (χ2v) is 5.25. The molecule has 1 aliphatic carbocycles. The molecule has 0 amide bonds. The number of rotatable bonds is 1. The molecule has 0 atom stereocenters. The third-order valence-electron chi connectivity index (χ3n) is 3.31. The van der Waals surface area contributed by atoms with Gasteiger partial charge in [0, 0.05) is 0 Å². The van der Waals surface area contributed by atoms with Gasteiger partial charge in [0.25, 0.3) is 0 Å². The van der Waals surface area contributed by atoms with Crippen LogP contribution < -0.4 is 0 Å². The summed E-state index contributed by atoms with van der Waals surface area (Å²) in [5.41, 5.74) is 0.452. The van der Waals surface area contributed by atoms with Gasteiger partial charge in [0.2, 0.25) is 0 Å². The van der Waals surface area contributed by atoms with Gasteiger partial charge in [-0.3, -0.25) is 0 Å². The molecule has 1 heteroatoms. The molecule has 0 heterocycles. The van der Waals surface area contributed by atoms with Crippen molar-refractivity contribution in [1.82, 2.24) is 0 Å². The van der Waals surface area contributed by atoms with Crippen molar-refractivity contribution in [2.75, 3.05) is 6.61 Å². The van der Waals surface area contributed by atoms with E-state index in [-0.39, 0.29) is 6.61 Å². The molecule has 1 nitrogen and oxygen atoms in total. The van der Waals surface area contributed by atoms with Gasteiger partial charge in [0.05, 0.1) is 6.61 Å². The van der Waals surface area contributed by atoms with Crippen molar-refractivity contribution in [3.8, 4) is 0 Å². The van der Waals surface area contributed by atoms with E-state index in [1.807, 2.05) is 0 Å². The molecule has 0 N–H and O–H groups in total. The number of hydrogen-bond acceptors (Lipinski definition) is 0. The van der Waals surface area contributed by atoms with Crippen LogP contribution in [-0.4, -0.2) is 6.61 Å². The lowest BCUT2D eigenvalue weighted by Crippen LogP contribution is -2.26. The van der Waals surface area contributed by atoms with Crippen molar-refractivity contribution in [2.45, 2.75) is 46.5 Å². The van der Waals surface area contributed by atoms with Crippen LogP contribution in [0.15, 0.2) is 0 Å². The second kappa shape index (κ2) is 3.78. The standard InChI is InChI=1S/C11H21O/c1-11(2,3)10-6-4-9(8-12)5-7-10/h9-10H,4-8H2,1-3H3. The predicted molar refractivity (Wildman–Crippen MR) is 50.5 cm³/mol. The van der Waals surface area contributed by atoms with Gasteiger partial charge in [-0.2, -0.15) is 0 Å². The van der Waals surface area contributed by atoms with Crippen LogP contribution in [0.25, 0.3) is 0 Å². The normalized spacial score (nSPS) is 32.0. The van der Waals surface area contributed by atoms with E-state index in [2.05, 4.69) is 20.8 Å². The maximum absolute atomic E-state index is 10.6. The predicted octanol–water partition coefficient (Wildman–Crippen LogP) is 3.27. The van der Waals surface area contributed by atoms with Gasteiger partial charge in [-0.15, -0.1) is 0 Å². The van der Waals surface area contributed by atoms with E-state index >= 15 is 0 Å². The van der Waals surface area contributed by atoms with E-state index < -0.39 is 0 Å². The smallest absolute Gasteiger partial charge is 0.0850 e. The summed E-state index contributed by atoms with van der Waals surface area (Å²) in [5, 5.41) is 10.6. The molecular weight excluding hydrogens is 148 g/mol. The summed E-state index contributed by atoms with van der Waals surface area (Å²) in [4.78, 5) is 0. The zero-order valence-electron chi connectivity index (χ0n) is 8.60. The molecule has 0 aromatic carbocycles. The molecule has 1 fully saturated rings. The molecule has 1 rings (SSSR count). The Kier molecular flexibility index (Phi) is 3.16. The summed E-state index contributed by atoms with van der Waals surface area (Å²) >= 11 is 0. The van der Waals surface area contributed by atoms with Gasteiger partial charge in [-0.1, -0.05) is 20.8 Å². The van der Waals surface area contributed by atoms with Gasteiger partial charge in [0.15, 0.2) is 0 Å². The lowest BCUT2D eigenvalue weighted by molar-refractivity contribution is 0.0829. The topological polar surface area (TPSA) is 19.9 Å². The quantitative estimate of drug-likeness (QED) is 0.574. The highest BCUT2D eigenvalue weighted by molar-refractivity contribution is 4.80. The van der Waals surface area contributed by atoms with Crippen LogP contribution in [0.5, 0.6) is 0 Å². The minimum atomic E-state index is 0.150. The highest BCUT2D eigenvalue weighted by Crippen LogP contribution is 2.39. The fraction of sp³-hybridized carbons (Fsp3) is 1.00. The Bertz CT molecular complexity index is 126. The van der Waals surface area contributed by atoms with E-state index in [0.717, 1.165) is 5.92 Å². The van der Waals surface area contributed by atoms with Gasteiger partial charge in [-0.05, 0) is 42.9 Å². The molecule has 1 aliphatic rings. The van der Waals surface area contributed by atoms with Crippen molar-refractivity contribution < 1.29 is 5.11 Å². The zero-order valence-corrected chi connectivity index (χ0v) is 8.60. The molecule has 1 saturated carbocycles. The van der Waals surface area contributed by atoms with Crippen molar-refractivity contribution in [2.24, 2.45) is 17.3 Å². The average molecular weight is 169 g/mol. The molecule has 0 bridgehead atoms. The lowest BCUT2D eigenvalue weighted by atomic mass is 9.70. The maximum atomic E-state index is 10.6. The first kappa shape index (κ1) is 10.0. The minimum Gasteiger partial charge on any atom is -0.236 e.